The van der Waals surface area contributed by atoms with Gasteiger partial charge < -0.3 is 30.2 Å². The van der Waals surface area contributed by atoms with Crippen LogP contribution in [0.3, 0.4) is 0 Å². The van der Waals surface area contributed by atoms with Crippen LogP contribution in [0.25, 0.3) is 5.32 Å². The molecule has 4 heterocycles. The van der Waals surface area contributed by atoms with Gasteiger partial charge in [-0.05, 0) is 74.8 Å². The summed E-state index contributed by atoms with van der Waals surface area (Å²) in [6, 6.07) is 21.1. The Morgan fingerprint density at radius 3 is 1.67 bits per heavy atom. The van der Waals surface area contributed by atoms with Crippen LogP contribution < -0.4 is 5.32 Å². The second-order valence-corrected chi connectivity index (χ2v) is 10.4. The first kappa shape index (κ1) is 31.6. The van der Waals surface area contributed by atoms with Crippen molar-refractivity contribution in [3.05, 3.63) is 186 Å². The Labute approximate surface area is 267 Å². The van der Waals surface area contributed by atoms with Crippen molar-refractivity contribution in [1.29, 1.82) is 0 Å². The molecule has 0 atom stereocenters. The van der Waals surface area contributed by atoms with Crippen molar-refractivity contribution in [2.45, 2.75) is 40.8 Å². The Balaban J connectivity index is 0.000000192. The van der Waals surface area contributed by atoms with Crippen molar-refractivity contribution < 1.29 is 17.1 Å². The molecule has 0 saturated heterocycles. The number of allylic oxidation sites excluding steroid dienone is 10. The Hall–Kier alpha value is -4.32. The van der Waals surface area contributed by atoms with E-state index in [1.165, 1.54) is 33.9 Å². The quantitative estimate of drug-likeness (QED) is 0.264. The summed E-state index contributed by atoms with van der Waals surface area (Å²) in [4.78, 5) is 8.86. The van der Waals surface area contributed by atoms with Crippen molar-refractivity contribution in [2.75, 3.05) is 0 Å². The van der Waals surface area contributed by atoms with Gasteiger partial charge in [-0.1, -0.05) is 85.0 Å². The van der Waals surface area contributed by atoms with Gasteiger partial charge in [-0.2, -0.15) is 19.5 Å². The predicted octanol–water partition coefficient (Wildman–Crippen LogP) is 8.16. The second kappa shape index (κ2) is 15.2. The normalized spacial score (nSPS) is 19.2. The van der Waals surface area contributed by atoms with E-state index in [0.717, 1.165) is 24.5 Å². The third-order valence-electron chi connectivity index (χ3n) is 7.57. The summed E-state index contributed by atoms with van der Waals surface area (Å²) in [5, 5.41) is 7.59. The molecule has 43 heavy (non-hydrogen) atoms. The molecule has 4 aliphatic heterocycles. The fraction of sp³-hybridized carbons (Fsp3) is 0.167. The molecule has 6 rings (SSSR count). The molecule has 221 valence electrons. The molecule has 6 nitrogen and oxygen atoms in total. The minimum absolute atomic E-state index is 0. The number of benzene rings is 2. The molecule has 4 aliphatic rings. The van der Waals surface area contributed by atoms with Crippen LogP contribution in [0.15, 0.2) is 156 Å². The summed E-state index contributed by atoms with van der Waals surface area (Å²) in [6.07, 6.45) is 20.0. The van der Waals surface area contributed by atoms with E-state index in [1.54, 1.807) is 0 Å². The molecule has 0 aliphatic carbocycles. The maximum atomic E-state index is 4.35. The molecule has 0 bridgehead atoms. The van der Waals surface area contributed by atoms with Gasteiger partial charge in [0, 0.05) is 30.7 Å². The molecule has 1 radical (unpaired) electrons. The Morgan fingerprint density at radius 2 is 1.19 bits per heavy atom. The van der Waals surface area contributed by atoms with E-state index in [-0.39, 0.29) is 17.1 Å². The Kier molecular flexibility index (Phi) is 11.2. The summed E-state index contributed by atoms with van der Waals surface area (Å²) < 4.78 is 0. The molecule has 0 unspecified atom stereocenters. The third kappa shape index (κ3) is 8.38. The van der Waals surface area contributed by atoms with E-state index in [1.807, 2.05) is 48.8 Å². The average molecular weight is 612 g/mol. The molecular formula is C36H39FeN6. The van der Waals surface area contributed by atoms with Crippen molar-refractivity contribution in [2.24, 2.45) is 0 Å². The van der Waals surface area contributed by atoms with E-state index in [0.29, 0.717) is 0 Å². The maximum Gasteiger partial charge on any atom is 3.00 e. The summed E-state index contributed by atoms with van der Waals surface area (Å²) in [5.74, 6) is 0. The number of dihydropyridines is 1. The number of nitrogens with zero attached hydrogens (tertiary/aromatic N) is 5. The van der Waals surface area contributed by atoms with Crippen molar-refractivity contribution >= 4 is 0 Å². The number of hydrogen-bond donors (Lipinski definition) is 1. The van der Waals surface area contributed by atoms with Crippen LogP contribution in [0, 0.1) is 13.3 Å². The smallest absolute Gasteiger partial charge is 0.663 e. The number of rotatable bonds is 6. The molecule has 1 N–H and O–H groups in total. The summed E-state index contributed by atoms with van der Waals surface area (Å²) in [5.41, 5.74) is 9.70. The van der Waals surface area contributed by atoms with Crippen LogP contribution in [0.2, 0.25) is 0 Å². The van der Waals surface area contributed by atoms with Crippen LogP contribution in [-0.2, 0) is 30.2 Å². The van der Waals surface area contributed by atoms with Gasteiger partial charge in [0.1, 0.15) is 0 Å². The largest absolute Gasteiger partial charge is 3.00 e. The SMILES string of the molecule is CC1=C(C)N(Cc2ccccc2)[CH-]N1/C=C1/C=CC=CN1.CC1=C(C)N(Cc2ccccc2)[CH-]N1/C=C1/C=CC=C[N-]1.[Fe+3]. The standard InChI is InChI=1S/C18H20N3.C18H19N3.Fe/c2*1-15-16(2)21(13-18-10-6-7-11-19-18)14-20(15)12-17-8-4-3-5-9-17;/h3-11,13-14,19H,12H2,1-2H3;3-11,13-14H,12H2,1-2H3;/q-1;-2;+3/b2*18-13-;. The zero-order valence-corrected chi connectivity index (χ0v) is 26.3. The first-order chi connectivity index (χ1) is 20.5. The molecule has 2 aromatic carbocycles. The van der Waals surface area contributed by atoms with Gasteiger partial charge in [0.25, 0.3) is 0 Å². The van der Waals surface area contributed by atoms with E-state index in [4.69, 9.17) is 0 Å². The molecule has 0 spiro atoms. The molecular weight excluding hydrogens is 572 g/mol. The van der Waals surface area contributed by atoms with E-state index in [2.05, 4.69) is 144 Å². The molecule has 0 amide bonds. The average Bonchev–Trinajstić information content (AvgIpc) is 3.44. The van der Waals surface area contributed by atoms with Gasteiger partial charge in [0.05, 0.1) is 5.70 Å². The first-order valence-electron chi connectivity index (χ1n) is 14.3. The molecule has 0 saturated carbocycles. The minimum Gasteiger partial charge on any atom is -0.663 e. The number of nitrogens with one attached hydrogen (secondary N) is 1. The first-order valence-corrected chi connectivity index (χ1v) is 14.3. The van der Waals surface area contributed by atoms with Crippen LogP contribution in [-0.4, -0.2) is 19.6 Å². The fourth-order valence-corrected chi connectivity index (χ4v) is 4.81. The second-order valence-electron chi connectivity index (χ2n) is 10.4. The van der Waals surface area contributed by atoms with Crippen LogP contribution in [0.1, 0.15) is 38.8 Å². The summed E-state index contributed by atoms with van der Waals surface area (Å²) >= 11 is 0. The maximum absolute atomic E-state index is 4.35. The Bertz CT molecular complexity index is 1370. The number of hydrogen-bond acceptors (Lipinski definition) is 5. The van der Waals surface area contributed by atoms with Gasteiger partial charge in [0.15, 0.2) is 0 Å². The summed E-state index contributed by atoms with van der Waals surface area (Å²) in [7, 11) is 0. The van der Waals surface area contributed by atoms with Crippen LogP contribution in [0.5, 0.6) is 0 Å². The van der Waals surface area contributed by atoms with Gasteiger partial charge in [-0.15, -0.1) is 5.70 Å². The zero-order valence-electron chi connectivity index (χ0n) is 25.2. The van der Waals surface area contributed by atoms with Crippen LogP contribution >= 0.6 is 0 Å². The van der Waals surface area contributed by atoms with Gasteiger partial charge in [0.2, 0.25) is 0 Å². The van der Waals surface area contributed by atoms with Crippen molar-refractivity contribution in [3.8, 4) is 0 Å². The fourth-order valence-electron chi connectivity index (χ4n) is 4.81. The third-order valence-corrected chi connectivity index (χ3v) is 7.57. The van der Waals surface area contributed by atoms with Crippen molar-refractivity contribution in [1.82, 2.24) is 24.9 Å². The van der Waals surface area contributed by atoms with E-state index < -0.39 is 0 Å². The predicted molar refractivity (Wildman–Crippen MR) is 172 cm³/mol. The molecule has 0 aromatic heterocycles. The topological polar surface area (TPSA) is 39.1 Å². The molecule has 0 fully saturated rings. The van der Waals surface area contributed by atoms with Crippen LogP contribution in [0.4, 0.5) is 0 Å². The summed E-state index contributed by atoms with van der Waals surface area (Å²) in [6.45, 7) is 14.7. The Morgan fingerprint density at radius 1 is 0.651 bits per heavy atom. The monoisotopic (exact) mass is 611 g/mol. The minimum atomic E-state index is 0. The van der Waals surface area contributed by atoms with Gasteiger partial charge in [-0.25, -0.2) is 0 Å². The van der Waals surface area contributed by atoms with E-state index >= 15 is 0 Å². The zero-order chi connectivity index (χ0) is 29.3. The van der Waals surface area contributed by atoms with Gasteiger partial charge in [-0.3, -0.25) is 0 Å². The van der Waals surface area contributed by atoms with E-state index in [9.17, 15) is 0 Å². The molecule has 7 heteroatoms. The van der Waals surface area contributed by atoms with Crippen molar-refractivity contribution in [3.63, 3.8) is 0 Å². The van der Waals surface area contributed by atoms with Gasteiger partial charge >= 0.3 is 17.1 Å². The molecule has 2 aromatic rings.